The second-order valence-electron chi connectivity index (χ2n) is 5.10. The third-order valence-corrected chi connectivity index (χ3v) is 3.84. The first-order valence-electron chi connectivity index (χ1n) is 6.45. The van der Waals surface area contributed by atoms with Gasteiger partial charge in [0.2, 0.25) is 0 Å². The van der Waals surface area contributed by atoms with Gasteiger partial charge >= 0.3 is 0 Å². The third kappa shape index (κ3) is 2.02. The van der Waals surface area contributed by atoms with Gasteiger partial charge in [-0.3, -0.25) is 0 Å². The lowest BCUT2D eigenvalue weighted by molar-refractivity contribution is 0.144. The fourth-order valence-electron chi connectivity index (χ4n) is 2.53. The Morgan fingerprint density at radius 3 is 2.79 bits per heavy atom. The molecule has 1 aromatic heterocycles. The molecule has 0 spiro atoms. The predicted octanol–water partition coefficient (Wildman–Crippen LogP) is 2.43. The minimum absolute atomic E-state index is 0.101. The molecule has 0 bridgehead atoms. The van der Waals surface area contributed by atoms with Crippen LogP contribution in [0.4, 0.5) is 5.82 Å². The van der Waals surface area contributed by atoms with Crippen LogP contribution in [-0.2, 0) is 0 Å². The van der Waals surface area contributed by atoms with Gasteiger partial charge in [0.25, 0.3) is 0 Å². The molecule has 0 amide bonds. The van der Waals surface area contributed by atoms with Crippen LogP contribution in [0.2, 0.25) is 0 Å². The van der Waals surface area contributed by atoms with Crippen LogP contribution in [0.15, 0.2) is 30.3 Å². The molecule has 2 aromatic rings. The van der Waals surface area contributed by atoms with E-state index in [0.717, 1.165) is 30.2 Å². The lowest BCUT2D eigenvalue weighted by Gasteiger charge is -2.41. The molecule has 1 aromatic carbocycles. The molecule has 0 atom stereocenters. The number of benzene rings is 1. The molecule has 4 heteroatoms. The number of nitrogens with zero attached hydrogens (tertiary/aromatic N) is 2. The minimum atomic E-state index is -0.248. The van der Waals surface area contributed by atoms with Crippen molar-refractivity contribution in [3.05, 3.63) is 35.9 Å². The van der Waals surface area contributed by atoms with Crippen molar-refractivity contribution in [3.63, 3.8) is 0 Å². The van der Waals surface area contributed by atoms with Crippen LogP contribution < -0.4 is 5.32 Å². The zero-order chi connectivity index (χ0) is 13.3. The monoisotopic (exact) mass is 253 g/mol. The lowest BCUT2D eigenvalue weighted by Crippen LogP contribution is -2.48. The van der Waals surface area contributed by atoms with Crippen LogP contribution in [0.5, 0.6) is 0 Å². The molecule has 0 aliphatic heterocycles. The Hall–Kier alpha value is -2.12. The molecule has 96 valence electrons. The number of nitriles is 1. The number of fused-ring (bicyclic) bond motifs is 1. The molecule has 4 nitrogen and oxygen atoms in total. The van der Waals surface area contributed by atoms with Crippen molar-refractivity contribution in [1.82, 2.24) is 4.98 Å². The summed E-state index contributed by atoms with van der Waals surface area (Å²) in [6.45, 7) is 0.101. The highest BCUT2D eigenvalue weighted by molar-refractivity contribution is 5.86. The van der Waals surface area contributed by atoms with E-state index in [1.54, 1.807) is 6.07 Å². The van der Waals surface area contributed by atoms with Gasteiger partial charge in [0.05, 0.1) is 29.3 Å². The largest absolute Gasteiger partial charge is 0.394 e. The average molecular weight is 253 g/mol. The standard InChI is InChI=1S/C15H15N3O/c16-9-11-8-14(18-15(10-19)6-3-7-15)17-13-5-2-1-4-12(11)13/h1-2,4-5,8,19H,3,6-7,10H2,(H,17,18). The van der Waals surface area contributed by atoms with E-state index in [9.17, 15) is 10.4 Å². The molecule has 19 heavy (non-hydrogen) atoms. The fraction of sp³-hybridized carbons (Fsp3) is 0.333. The number of anilines is 1. The first-order chi connectivity index (χ1) is 9.26. The maximum absolute atomic E-state index is 9.48. The highest BCUT2D eigenvalue weighted by atomic mass is 16.3. The second kappa shape index (κ2) is 4.52. The first-order valence-corrected chi connectivity index (χ1v) is 6.45. The number of aromatic nitrogens is 1. The fourth-order valence-corrected chi connectivity index (χ4v) is 2.53. The van der Waals surface area contributed by atoms with E-state index in [4.69, 9.17) is 0 Å². The van der Waals surface area contributed by atoms with Gasteiger partial charge in [0.1, 0.15) is 5.82 Å². The van der Waals surface area contributed by atoms with Crippen molar-refractivity contribution in [3.8, 4) is 6.07 Å². The van der Waals surface area contributed by atoms with Gasteiger partial charge in [-0.1, -0.05) is 18.2 Å². The van der Waals surface area contributed by atoms with E-state index in [1.165, 1.54) is 0 Å². The Kier molecular flexibility index (Phi) is 2.84. The normalized spacial score (nSPS) is 16.6. The van der Waals surface area contributed by atoms with E-state index >= 15 is 0 Å². The van der Waals surface area contributed by atoms with E-state index in [0.29, 0.717) is 11.4 Å². The SMILES string of the molecule is N#Cc1cc(NC2(CO)CCC2)nc2ccccc12. The molecular weight excluding hydrogens is 238 g/mol. The number of aliphatic hydroxyl groups excluding tert-OH is 1. The van der Waals surface area contributed by atoms with Gasteiger partial charge in [-0.15, -0.1) is 0 Å². The Morgan fingerprint density at radius 2 is 2.16 bits per heavy atom. The third-order valence-electron chi connectivity index (χ3n) is 3.84. The summed E-state index contributed by atoms with van der Waals surface area (Å²) >= 11 is 0. The Morgan fingerprint density at radius 1 is 1.37 bits per heavy atom. The van der Waals surface area contributed by atoms with Crippen molar-refractivity contribution >= 4 is 16.7 Å². The maximum atomic E-state index is 9.48. The van der Waals surface area contributed by atoms with Crippen molar-refractivity contribution in [2.75, 3.05) is 11.9 Å². The average Bonchev–Trinajstić information content (AvgIpc) is 2.42. The molecule has 0 unspecified atom stereocenters. The summed E-state index contributed by atoms with van der Waals surface area (Å²) in [5.41, 5.74) is 1.17. The summed E-state index contributed by atoms with van der Waals surface area (Å²) in [5.74, 6) is 0.670. The van der Waals surface area contributed by atoms with Crippen LogP contribution >= 0.6 is 0 Å². The van der Waals surface area contributed by atoms with Crippen LogP contribution in [-0.4, -0.2) is 22.2 Å². The molecule has 1 aliphatic rings. The molecule has 1 fully saturated rings. The van der Waals surface area contributed by atoms with Gasteiger partial charge in [-0.05, 0) is 31.4 Å². The zero-order valence-electron chi connectivity index (χ0n) is 10.6. The van der Waals surface area contributed by atoms with Gasteiger partial charge in [-0.25, -0.2) is 4.98 Å². The summed E-state index contributed by atoms with van der Waals surface area (Å²) in [6.07, 6.45) is 3.01. The minimum Gasteiger partial charge on any atom is -0.394 e. The molecule has 0 saturated heterocycles. The Bertz CT molecular complexity index is 650. The number of rotatable bonds is 3. The lowest BCUT2D eigenvalue weighted by atomic mass is 9.77. The van der Waals surface area contributed by atoms with Crippen LogP contribution in [0, 0.1) is 11.3 Å². The van der Waals surface area contributed by atoms with Gasteiger partial charge in [-0.2, -0.15) is 5.26 Å². The molecule has 3 rings (SSSR count). The quantitative estimate of drug-likeness (QED) is 0.881. The smallest absolute Gasteiger partial charge is 0.128 e. The first kappa shape index (κ1) is 11.9. The van der Waals surface area contributed by atoms with Crippen molar-refractivity contribution < 1.29 is 5.11 Å². The van der Waals surface area contributed by atoms with Crippen molar-refractivity contribution in [1.29, 1.82) is 5.26 Å². The number of hydrogen-bond donors (Lipinski definition) is 2. The Labute approximate surface area is 111 Å². The van der Waals surface area contributed by atoms with Crippen LogP contribution in [0.1, 0.15) is 24.8 Å². The molecule has 1 saturated carbocycles. The summed E-state index contributed by atoms with van der Waals surface area (Å²) < 4.78 is 0. The zero-order valence-corrected chi connectivity index (χ0v) is 10.6. The van der Waals surface area contributed by atoms with Gasteiger partial charge in [0.15, 0.2) is 0 Å². The van der Waals surface area contributed by atoms with E-state index in [1.807, 2.05) is 24.3 Å². The number of pyridine rings is 1. The van der Waals surface area contributed by atoms with E-state index < -0.39 is 0 Å². The Balaban J connectivity index is 2.03. The van der Waals surface area contributed by atoms with Crippen molar-refractivity contribution in [2.24, 2.45) is 0 Å². The van der Waals surface area contributed by atoms with Gasteiger partial charge in [0, 0.05) is 5.39 Å². The number of hydrogen-bond acceptors (Lipinski definition) is 4. The van der Waals surface area contributed by atoms with Gasteiger partial charge < -0.3 is 10.4 Å². The second-order valence-corrected chi connectivity index (χ2v) is 5.10. The highest BCUT2D eigenvalue weighted by Gasteiger charge is 2.36. The predicted molar refractivity (Wildman–Crippen MR) is 73.7 cm³/mol. The van der Waals surface area contributed by atoms with Crippen LogP contribution in [0.25, 0.3) is 10.9 Å². The number of nitrogens with one attached hydrogen (secondary N) is 1. The highest BCUT2D eigenvalue weighted by Crippen LogP contribution is 2.35. The van der Waals surface area contributed by atoms with Crippen molar-refractivity contribution in [2.45, 2.75) is 24.8 Å². The number of aliphatic hydroxyl groups is 1. The topological polar surface area (TPSA) is 68.9 Å². The molecule has 1 heterocycles. The van der Waals surface area contributed by atoms with Crippen LogP contribution in [0.3, 0.4) is 0 Å². The summed E-state index contributed by atoms with van der Waals surface area (Å²) in [5, 5.41) is 22.9. The number of para-hydroxylation sites is 1. The molecule has 2 N–H and O–H groups in total. The van der Waals surface area contributed by atoms with E-state index in [-0.39, 0.29) is 12.1 Å². The summed E-state index contributed by atoms with van der Waals surface area (Å²) in [7, 11) is 0. The molecule has 1 aliphatic carbocycles. The van der Waals surface area contributed by atoms with E-state index in [2.05, 4.69) is 16.4 Å². The summed E-state index contributed by atoms with van der Waals surface area (Å²) in [4.78, 5) is 4.53. The molecule has 0 radical (unpaired) electrons. The molecular formula is C15H15N3O. The maximum Gasteiger partial charge on any atom is 0.128 e. The summed E-state index contributed by atoms with van der Waals surface area (Å²) in [6, 6.07) is 11.6.